The summed E-state index contributed by atoms with van der Waals surface area (Å²) in [6, 6.07) is 0. The van der Waals surface area contributed by atoms with Crippen molar-refractivity contribution in [2.24, 2.45) is 5.92 Å². The van der Waals surface area contributed by atoms with Gasteiger partial charge in [-0.1, -0.05) is 45.4 Å². The summed E-state index contributed by atoms with van der Waals surface area (Å²) in [6.07, 6.45) is 11.6. The Bertz CT molecular complexity index is 239. The fourth-order valence-electron chi connectivity index (χ4n) is 2.91. The van der Waals surface area contributed by atoms with Crippen LogP contribution in [-0.4, -0.2) is 46.4 Å². The molecule has 132 valence electrons. The number of ether oxygens (including phenoxy) is 4. The smallest absolute Gasteiger partial charge is 0.159 e. The van der Waals surface area contributed by atoms with Crippen LogP contribution < -0.4 is 0 Å². The van der Waals surface area contributed by atoms with Crippen LogP contribution in [0.15, 0.2) is 0 Å². The number of rotatable bonds is 16. The first-order valence-electron chi connectivity index (χ1n) is 9.06. The van der Waals surface area contributed by atoms with Crippen molar-refractivity contribution in [3.8, 4) is 0 Å². The van der Waals surface area contributed by atoms with Gasteiger partial charge in [0.25, 0.3) is 0 Å². The van der Waals surface area contributed by atoms with Gasteiger partial charge in [-0.3, -0.25) is 0 Å². The van der Waals surface area contributed by atoms with E-state index in [-0.39, 0.29) is 6.29 Å². The molecule has 4 heteroatoms. The predicted octanol–water partition coefficient (Wildman–Crippen LogP) is 4.17. The molecule has 0 aliphatic carbocycles. The van der Waals surface area contributed by atoms with Crippen LogP contribution in [0.3, 0.4) is 0 Å². The Hall–Kier alpha value is -0.160. The van der Waals surface area contributed by atoms with Crippen LogP contribution in [0.5, 0.6) is 0 Å². The monoisotopic (exact) mass is 316 g/mol. The first-order valence-corrected chi connectivity index (χ1v) is 9.06. The van der Waals surface area contributed by atoms with Gasteiger partial charge >= 0.3 is 0 Å². The molecule has 1 aliphatic heterocycles. The summed E-state index contributed by atoms with van der Waals surface area (Å²) in [5.74, 6) is 0.474. The molecule has 22 heavy (non-hydrogen) atoms. The number of hydrogen-bond donors (Lipinski definition) is 0. The first kappa shape index (κ1) is 19.9. The molecular formula is C18H36O4. The van der Waals surface area contributed by atoms with E-state index >= 15 is 0 Å². The number of hydrogen-bond acceptors (Lipinski definition) is 4. The van der Waals surface area contributed by atoms with Crippen LogP contribution in [0.25, 0.3) is 0 Å². The Kier molecular flexibility index (Phi) is 12.0. The molecule has 0 bridgehead atoms. The maximum atomic E-state index is 5.62. The molecule has 1 rings (SSSR count). The lowest BCUT2D eigenvalue weighted by atomic mass is 9.95. The molecule has 0 aromatic carbocycles. The molecule has 0 aromatic rings. The Balaban J connectivity index is 2.11. The molecule has 0 radical (unpaired) electrons. The zero-order valence-electron chi connectivity index (χ0n) is 14.9. The lowest BCUT2D eigenvalue weighted by Gasteiger charge is -2.24. The predicted molar refractivity (Wildman–Crippen MR) is 89.1 cm³/mol. The minimum absolute atomic E-state index is 0.0811. The van der Waals surface area contributed by atoms with Gasteiger partial charge < -0.3 is 18.9 Å². The average molecular weight is 316 g/mol. The summed E-state index contributed by atoms with van der Waals surface area (Å²) >= 11 is 0. The van der Waals surface area contributed by atoms with Gasteiger partial charge in [-0.15, -0.1) is 0 Å². The Morgan fingerprint density at radius 2 is 1.59 bits per heavy atom. The minimum atomic E-state index is -0.0811. The van der Waals surface area contributed by atoms with Crippen molar-refractivity contribution < 1.29 is 18.9 Å². The Labute approximate surface area is 136 Å². The molecule has 2 unspecified atom stereocenters. The molecule has 1 fully saturated rings. The van der Waals surface area contributed by atoms with E-state index in [4.69, 9.17) is 18.9 Å². The summed E-state index contributed by atoms with van der Waals surface area (Å²) in [7, 11) is 3.48. The van der Waals surface area contributed by atoms with E-state index in [1.807, 2.05) is 0 Å². The van der Waals surface area contributed by atoms with Crippen LogP contribution in [0.1, 0.15) is 64.7 Å². The highest BCUT2D eigenvalue weighted by Gasteiger charge is 2.23. The zero-order valence-corrected chi connectivity index (χ0v) is 14.9. The summed E-state index contributed by atoms with van der Waals surface area (Å²) in [5.41, 5.74) is 0. The van der Waals surface area contributed by atoms with Gasteiger partial charge in [-0.25, -0.2) is 0 Å². The van der Waals surface area contributed by atoms with Crippen molar-refractivity contribution in [3.05, 3.63) is 0 Å². The van der Waals surface area contributed by atoms with E-state index in [0.29, 0.717) is 12.0 Å². The highest BCUT2D eigenvalue weighted by Crippen LogP contribution is 2.23. The minimum Gasteiger partial charge on any atom is -0.379 e. The summed E-state index contributed by atoms with van der Waals surface area (Å²) in [6.45, 7) is 4.69. The third kappa shape index (κ3) is 9.78. The lowest BCUT2D eigenvalue weighted by molar-refractivity contribution is -0.141. The molecule has 1 heterocycles. The Morgan fingerprint density at radius 1 is 0.955 bits per heavy atom. The van der Waals surface area contributed by atoms with E-state index in [0.717, 1.165) is 32.7 Å². The number of unbranched alkanes of at least 4 members (excludes halogenated alkanes) is 5. The third-order valence-corrected chi connectivity index (χ3v) is 4.35. The maximum Gasteiger partial charge on any atom is 0.159 e. The van der Waals surface area contributed by atoms with Crippen LogP contribution in [0.4, 0.5) is 0 Å². The first-order chi connectivity index (χ1) is 10.8. The van der Waals surface area contributed by atoms with Crippen molar-refractivity contribution in [2.45, 2.75) is 77.1 Å². The highest BCUT2D eigenvalue weighted by atomic mass is 16.7. The topological polar surface area (TPSA) is 40.2 Å². The molecule has 1 saturated heterocycles. The number of epoxide rings is 1. The van der Waals surface area contributed by atoms with E-state index in [1.165, 1.54) is 44.9 Å². The highest BCUT2D eigenvalue weighted by molar-refractivity contribution is 4.68. The fraction of sp³-hybridized carbons (Fsp3) is 1.00. The summed E-state index contributed by atoms with van der Waals surface area (Å²) in [4.78, 5) is 0. The molecule has 0 aromatic heterocycles. The van der Waals surface area contributed by atoms with Gasteiger partial charge in [0.05, 0.1) is 13.2 Å². The fourth-order valence-corrected chi connectivity index (χ4v) is 2.91. The summed E-state index contributed by atoms with van der Waals surface area (Å²) in [5, 5.41) is 0. The van der Waals surface area contributed by atoms with Gasteiger partial charge in [0, 0.05) is 26.7 Å². The second-order valence-corrected chi connectivity index (χ2v) is 6.33. The standard InChI is InChI=1S/C18H36O4/c1-4-5-6-7-8-9-11-16(18(19-2)20-3)12-10-13-21-14-17-15-22-17/h16-18H,4-15H2,1-3H3. The van der Waals surface area contributed by atoms with Crippen molar-refractivity contribution in [3.63, 3.8) is 0 Å². The van der Waals surface area contributed by atoms with E-state index in [1.54, 1.807) is 14.2 Å². The molecular weight excluding hydrogens is 280 g/mol. The lowest BCUT2D eigenvalue weighted by Crippen LogP contribution is -2.25. The quantitative estimate of drug-likeness (QED) is 0.243. The van der Waals surface area contributed by atoms with Gasteiger partial charge in [0.15, 0.2) is 6.29 Å². The third-order valence-electron chi connectivity index (χ3n) is 4.35. The zero-order chi connectivity index (χ0) is 16.0. The molecule has 0 amide bonds. The van der Waals surface area contributed by atoms with Gasteiger partial charge in [-0.05, 0) is 19.3 Å². The SMILES string of the molecule is CCCCCCCCC(CCCOCC1CO1)C(OC)OC. The van der Waals surface area contributed by atoms with Crippen molar-refractivity contribution in [2.75, 3.05) is 34.0 Å². The summed E-state index contributed by atoms with van der Waals surface area (Å²) < 4.78 is 21.7. The van der Waals surface area contributed by atoms with Crippen molar-refractivity contribution in [1.82, 2.24) is 0 Å². The molecule has 1 aliphatic rings. The molecule has 0 saturated carbocycles. The molecule has 2 atom stereocenters. The van der Waals surface area contributed by atoms with E-state index < -0.39 is 0 Å². The van der Waals surface area contributed by atoms with Gasteiger partial charge in [0.2, 0.25) is 0 Å². The Morgan fingerprint density at radius 3 is 2.23 bits per heavy atom. The number of methoxy groups -OCH3 is 2. The normalized spacial score (nSPS) is 18.8. The van der Waals surface area contributed by atoms with Crippen LogP contribution in [0, 0.1) is 5.92 Å². The maximum absolute atomic E-state index is 5.62. The molecule has 0 spiro atoms. The molecule has 4 nitrogen and oxygen atoms in total. The van der Waals surface area contributed by atoms with Gasteiger partial charge in [-0.2, -0.15) is 0 Å². The van der Waals surface area contributed by atoms with Crippen LogP contribution >= 0.6 is 0 Å². The largest absolute Gasteiger partial charge is 0.379 e. The van der Waals surface area contributed by atoms with Gasteiger partial charge in [0.1, 0.15) is 6.10 Å². The van der Waals surface area contributed by atoms with E-state index in [2.05, 4.69) is 6.92 Å². The second kappa shape index (κ2) is 13.3. The second-order valence-electron chi connectivity index (χ2n) is 6.33. The van der Waals surface area contributed by atoms with Crippen LogP contribution in [-0.2, 0) is 18.9 Å². The van der Waals surface area contributed by atoms with Crippen LogP contribution in [0.2, 0.25) is 0 Å². The van der Waals surface area contributed by atoms with E-state index in [9.17, 15) is 0 Å². The average Bonchev–Trinajstić information content (AvgIpc) is 3.35. The van der Waals surface area contributed by atoms with Crippen molar-refractivity contribution >= 4 is 0 Å². The molecule has 0 N–H and O–H groups in total. The van der Waals surface area contributed by atoms with Crippen molar-refractivity contribution in [1.29, 1.82) is 0 Å².